The van der Waals surface area contributed by atoms with E-state index in [2.05, 4.69) is 22.4 Å². The number of carbonyl (C=O) groups excluding carboxylic acids is 1. The van der Waals surface area contributed by atoms with Crippen LogP contribution in [0.3, 0.4) is 0 Å². The van der Waals surface area contributed by atoms with Crippen LogP contribution in [-0.2, 0) is 11.3 Å². The van der Waals surface area contributed by atoms with Crippen molar-refractivity contribution < 1.29 is 14.3 Å². The summed E-state index contributed by atoms with van der Waals surface area (Å²) in [4.78, 5) is 14.6. The lowest BCUT2D eigenvalue weighted by Gasteiger charge is -2.26. The number of rotatable bonds is 8. The zero-order chi connectivity index (χ0) is 19.6. The highest BCUT2D eigenvalue weighted by molar-refractivity contribution is 5.94. The maximum absolute atomic E-state index is 12.2. The van der Waals surface area contributed by atoms with Gasteiger partial charge in [-0.15, -0.1) is 0 Å². The third kappa shape index (κ3) is 6.18. The Morgan fingerprint density at radius 2 is 1.86 bits per heavy atom. The summed E-state index contributed by atoms with van der Waals surface area (Å²) in [6, 6.07) is 15.2. The van der Waals surface area contributed by atoms with E-state index in [0.29, 0.717) is 12.2 Å². The number of hydrazone groups is 1. The summed E-state index contributed by atoms with van der Waals surface area (Å²) in [6.07, 6.45) is 2.59. The topological polar surface area (TPSA) is 63.2 Å². The van der Waals surface area contributed by atoms with Crippen molar-refractivity contribution in [2.45, 2.75) is 19.9 Å². The fourth-order valence-corrected chi connectivity index (χ4v) is 2.88. The van der Waals surface area contributed by atoms with E-state index >= 15 is 0 Å². The van der Waals surface area contributed by atoms with Crippen LogP contribution in [-0.4, -0.2) is 49.9 Å². The van der Waals surface area contributed by atoms with Gasteiger partial charge in [0.1, 0.15) is 5.75 Å². The number of carbonyl (C=O) groups is 1. The van der Waals surface area contributed by atoms with Crippen molar-refractivity contribution >= 4 is 12.1 Å². The molecule has 0 radical (unpaired) electrons. The molecule has 6 nitrogen and oxygen atoms in total. The van der Waals surface area contributed by atoms with Crippen LogP contribution in [0, 0.1) is 0 Å². The Balaban J connectivity index is 1.48. The molecule has 0 spiro atoms. The number of morpholine rings is 1. The molecule has 0 aliphatic carbocycles. The van der Waals surface area contributed by atoms with E-state index in [4.69, 9.17) is 9.47 Å². The molecule has 0 atom stereocenters. The highest BCUT2D eigenvalue weighted by Gasteiger charge is 2.11. The van der Waals surface area contributed by atoms with Crippen molar-refractivity contribution in [3.05, 3.63) is 65.2 Å². The fourth-order valence-electron chi connectivity index (χ4n) is 2.88. The zero-order valence-corrected chi connectivity index (χ0v) is 16.3. The Kier molecular flexibility index (Phi) is 7.58. The molecule has 1 amide bonds. The van der Waals surface area contributed by atoms with Gasteiger partial charge in [0.2, 0.25) is 0 Å². The van der Waals surface area contributed by atoms with Crippen molar-refractivity contribution in [2.24, 2.45) is 5.10 Å². The summed E-state index contributed by atoms with van der Waals surface area (Å²) in [5.74, 6) is 0.609. The normalized spacial score (nSPS) is 14.9. The van der Waals surface area contributed by atoms with E-state index in [0.717, 1.165) is 50.6 Å². The van der Waals surface area contributed by atoms with Crippen LogP contribution in [0.5, 0.6) is 5.75 Å². The fraction of sp³-hybridized carbons (Fsp3) is 0.364. The van der Waals surface area contributed by atoms with Crippen LogP contribution in [0.25, 0.3) is 0 Å². The van der Waals surface area contributed by atoms with Gasteiger partial charge in [0.25, 0.3) is 5.91 Å². The quantitative estimate of drug-likeness (QED) is 0.564. The molecule has 1 aliphatic rings. The minimum Gasteiger partial charge on any atom is -0.494 e. The van der Waals surface area contributed by atoms with E-state index in [1.807, 2.05) is 48.5 Å². The summed E-state index contributed by atoms with van der Waals surface area (Å²) >= 11 is 0. The number of ether oxygens (including phenoxy) is 2. The summed E-state index contributed by atoms with van der Waals surface area (Å²) < 4.78 is 10.9. The Hall–Kier alpha value is -2.70. The SMILES string of the molecule is CCCOc1ccc(/C=N\NC(=O)c2ccc(CN3CCOCC3)cc2)cc1. The van der Waals surface area contributed by atoms with Gasteiger partial charge in [0, 0.05) is 25.2 Å². The Morgan fingerprint density at radius 3 is 2.54 bits per heavy atom. The van der Waals surface area contributed by atoms with Crippen LogP contribution in [0.15, 0.2) is 53.6 Å². The Labute approximate surface area is 166 Å². The molecule has 1 N–H and O–H groups in total. The smallest absolute Gasteiger partial charge is 0.271 e. The molecule has 1 aliphatic heterocycles. The first-order valence-electron chi connectivity index (χ1n) is 9.70. The molecular formula is C22H27N3O3. The minimum absolute atomic E-state index is 0.225. The van der Waals surface area contributed by atoms with Gasteiger partial charge >= 0.3 is 0 Å². The summed E-state index contributed by atoms with van der Waals surface area (Å²) in [6.45, 7) is 7.11. The van der Waals surface area contributed by atoms with Crippen molar-refractivity contribution in [2.75, 3.05) is 32.9 Å². The van der Waals surface area contributed by atoms with E-state index in [1.165, 1.54) is 5.56 Å². The van der Waals surface area contributed by atoms with Gasteiger partial charge in [-0.1, -0.05) is 19.1 Å². The maximum Gasteiger partial charge on any atom is 0.271 e. The molecule has 0 unspecified atom stereocenters. The van der Waals surface area contributed by atoms with E-state index < -0.39 is 0 Å². The zero-order valence-electron chi connectivity index (χ0n) is 16.3. The summed E-state index contributed by atoms with van der Waals surface area (Å²) in [7, 11) is 0. The number of hydrogen-bond donors (Lipinski definition) is 1. The molecule has 6 heteroatoms. The summed E-state index contributed by atoms with van der Waals surface area (Å²) in [5, 5.41) is 4.04. The predicted octanol–water partition coefficient (Wildman–Crippen LogP) is 3.07. The number of hydrogen-bond acceptors (Lipinski definition) is 5. The molecule has 148 valence electrons. The molecule has 0 bridgehead atoms. The Bertz CT molecular complexity index is 767. The third-order valence-corrected chi connectivity index (χ3v) is 4.46. The first kappa shape index (κ1) is 20.0. The number of benzene rings is 2. The van der Waals surface area contributed by atoms with Crippen LogP contribution in [0.1, 0.15) is 34.8 Å². The first-order valence-corrected chi connectivity index (χ1v) is 9.70. The predicted molar refractivity (Wildman–Crippen MR) is 110 cm³/mol. The van der Waals surface area contributed by atoms with Gasteiger partial charge in [-0.25, -0.2) is 5.43 Å². The van der Waals surface area contributed by atoms with E-state index in [1.54, 1.807) is 6.21 Å². The van der Waals surface area contributed by atoms with Crippen LogP contribution < -0.4 is 10.2 Å². The molecule has 1 fully saturated rings. The largest absolute Gasteiger partial charge is 0.494 e. The standard InChI is InChI=1S/C22H27N3O3/c1-2-13-28-21-9-5-18(6-10-21)16-23-24-22(26)20-7-3-19(4-8-20)17-25-11-14-27-15-12-25/h3-10,16H,2,11-15,17H2,1H3,(H,24,26)/b23-16-. The van der Waals surface area contributed by atoms with Gasteiger partial charge in [0.05, 0.1) is 26.0 Å². The lowest BCUT2D eigenvalue weighted by molar-refractivity contribution is 0.0342. The van der Waals surface area contributed by atoms with Crippen LogP contribution in [0.4, 0.5) is 0 Å². The Morgan fingerprint density at radius 1 is 1.14 bits per heavy atom. The van der Waals surface area contributed by atoms with Gasteiger partial charge in [-0.05, 0) is 53.9 Å². The van der Waals surface area contributed by atoms with Gasteiger partial charge < -0.3 is 9.47 Å². The second-order valence-corrected chi connectivity index (χ2v) is 6.70. The number of nitrogens with zero attached hydrogens (tertiary/aromatic N) is 2. The van der Waals surface area contributed by atoms with Gasteiger partial charge in [0.15, 0.2) is 0 Å². The first-order chi connectivity index (χ1) is 13.7. The molecule has 1 saturated heterocycles. The van der Waals surface area contributed by atoms with Crippen LogP contribution >= 0.6 is 0 Å². The number of amides is 1. The molecule has 1 heterocycles. The van der Waals surface area contributed by atoms with Crippen molar-refractivity contribution in [1.82, 2.24) is 10.3 Å². The lowest BCUT2D eigenvalue weighted by atomic mass is 10.1. The highest BCUT2D eigenvalue weighted by atomic mass is 16.5. The van der Waals surface area contributed by atoms with Gasteiger partial charge in [-0.3, -0.25) is 9.69 Å². The summed E-state index contributed by atoms with van der Waals surface area (Å²) in [5.41, 5.74) is 5.24. The molecular weight excluding hydrogens is 354 g/mol. The molecule has 28 heavy (non-hydrogen) atoms. The average molecular weight is 381 g/mol. The highest BCUT2D eigenvalue weighted by Crippen LogP contribution is 2.12. The molecule has 0 aromatic heterocycles. The second-order valence-electron chi connectivity index (χ2n) is 6.70. The van der Waals surface area contributed by atoms with E-state index in [9.17, 15) is 4.79 Å². The third-order valence-electron chi connectivity index (χ3n) is 4.46. The van der Waals surface area contributed by atoms with Crippen molar-refractivity contribution in [3.8, 4) is 5.75 Å². The lowest BCUT2D eigenvalue weighted by Crippen LogP contribution is -2.35. The molecule has 2 aromatic rings. The molecule has 0 saturated carbocycles. The average Bonchev–Trinajstić information content (AvgIpc) is 2.74. The van der Waals surface area contributed by atoms with Gasteiger partial charge in [-0.2, -0.15) is 5.10 Å². The minimum atomic E-state index is -0.225. The van der Waals surface area contributed by atoms with E-state index in [-0.39, 0.29) is 5.91 Å². The van der Waals surface area contributed by atoms with Crippen molar-refractivity contribution in [3.63, 3.8) is 0 Å². The second kappa shape index (κ2) is 10.6. The maximum atomic E-state index is 12.2. The van der Waals surface area contributed by atoms with Crippen LogP contribution in [0.2, 0.25) is 0 Å². The molecule has 2 aromatic carbocycles. The molecule has 3 rings (SSSR count). The number of nitrogens with one attached hydrogen (secondary N) is 1. The van der Waals surface area contributed by atoms with Crippen molar-refractivity contribution in [1.29, 1.82) is 0 Å². The monoisotopic (exact) mass is 381 g/mol.